The first-order chi connectivity index (χ1) is 14.5. The lowest BCUT2D eigenvalue weighted by Gasteiger charge is -2.33. The van der Waals surface area contributed by atoms with E-state index in [1.807, 2.05) is 0 Å². The van der Waals surface area contributed by atoms with Crippen LogP contribution in [0.3, 0.4) is 0 Å². The number of alkyl halides is 3. The minimum absolute atomic E-state index is 0.0933. The van der Waals surface area contributed by atoms with E-state index in [1.54, 1.807) is 30.7 Å². The van der Waals surface area contributed by atoms with Crippen LogP contribution < -0.4 is 10.9 Å². The summed E-state index contributed by atoms with van der Waals surface area (Å²) >= 11 is 0. The predicted octanol–water partition coefficient (Wildman–Crippen LogP) is 4.30. The molecule has 1 aliphatic carbocycles. The van der Waals surface area contributed by atoms with Crippen molar-refractivity contribution in [2.75, 3.05) is 5.32 Å². The van der Waals surface area contributed by atoms with Crippen molar-refractivity contribution in [1.82, 2.24) is 14.5 Å². The summed E-state index contributed by atoms with van der Waals surface area (Å²) in [5.74, 6) is 0.889. The molecule has 0 unspecified atom stereocenters. The van der Waals surface area contributed by atoms with Gasteiger partial charge in [0, 0.05) is 18.3 Å². The van der Waals surface area contributed by atoms with Gasteiger partial charge in [0.15, 0.2) is 0 Å². The molecule has 2 aromatic heterocycles. The van der Waals surface area contributed by atoms with Gasteiger partial charge in [-0.05, 0) is 50.8 Å². The van der Waals surface area contributed by atoms with Crippen molar-refractivity contribution in [2.45, 2.75) is 58.0 Å². The van der Waals surface area contributed by atoms with Gasteiger partial charge in [0.05, 0.1) is 28.6 Å². The lowest BCUT2D eigenvalue weighted by Crippen LogP contribution is -2.36. The summed E-state index contributed by atoms with van der Waals surface area (Å²) in [6.45, 7) is 4.92. The van der Waals surface area contributed by atoms with E-state index in [-0.39, 0.29) is 17.2 Å². The van der Waals surface area contributed by atoms with E-state index in [0.717, 1.165) is 6.07 Å². The highest BCUT2D eigenvalue weighted by molar-refractivity contribution is 5.88. The third-order valence-corrected chi connectivity index (χ3v) is 5.85. The fourth-order valence-electron chi connectivity index (χ4n) is 4.13. The summed E-state index contributed by atoms with van der Waals surface area (Å²) in [5, 5.41) is 13.4. The maximum Gasteiger partial charge on any atom is 0.416 e. The number of rotatable bonds is 4. The number of aromatic nitrogens is 3. The number of benzene rings is 1. The normalized spacial score (nSPS) is 19.8. The number of pyridine rings is 1. The number of hydrogen-bond acceptors (Lipinski definition) is 5. The molecule has 1 fully saturated rings. The maximum absolute atomic E-state index is 13.3. The van der Waals surface area contributed by atoms with Crippen LogP contribution in [0.2, 0.25) is 0 Å². The van der Waals surface area contributed by atoms with Crippen molar-refractivity contribution in [3.05, 3.63) is 63.3 Å². The molecule has 6 nitrogen and oxygen atoms in total. The molecule has 3 aromatic rings. The highest BCUT2D eigenvalue weighted by atomic mass is 19.4. The van der Waals surface area contributed by atoms with Crippen LogP contribution in [-0.2, 0) is 6.18 Å². The van der Waals surface area contributed by atoms with E-state index in [2.05, 4.69) is 15.3 Å². The number of aliphatic hydroxyl groups is 1. The van der Waals surface area contributed by atoms with Gasteiger partial charge in [-0.25, -0.2) is 9.97 Å². The standard InChI is InChI=1S/C22H23F3N4O2/c1-11-16(5-4-6-18(11)22(23,24)25)12(2)26-21-17-10-29(14-7-15(30)8-14)20(31)9-19(17)27-13(3)28-21/h4-6,9-10,12,14-15,30H,7-8H2,1-3H3,(H,26,27,28)/t12-,14-,15+/m1/s1. The van der Waals surface area contributed by atoms with Gasteiger partial charge in [-0.3, -0.25) is 4.79 Å². The Hall–Kier alpha value is -2.94. The maximum atomic E-state index is 13.3. The van der Waals surface area contributed by atoms with Gasteiger partial charge >= 0.3 is 6.18 Å². The molecule has 2 heterocycles. The van der Waals surface area contributed by atoms with E-state index in [4.69, 9.17) is 0 Å². The van der Waals surface area contributed by atoms with Crippen molar-refractivity contribution in [3.63, 3.8) is 0 Å². The first-order valence-electron chi connectivity index (χ1n) is 10.1. The number of nitrogens with zero attached hydrogens (tertiary/aromatic N) is 3. The Labute approximate surface area is 176 Å². The number of fused-ring (bicyclic) bond motifs is 1. The zero-order valence-electron chi connectivity index (χ0n) is 17.4. The molecule has 164 valence electrons. The minimum atomic E-state index is -4.43. The first-order valence-corrected chi connectivity index (χ1v) is 10.1. The molecule has 0 radical (unpaired) electrons. The molecule has 0 saturated heterocycles. The SMILES string of the molecule is Cc1nc(N[C@H](C)c2cccc(C(F)(F)F)c2C)c2cn([C@H]3C[C@@H](O)C3)c(=O)cc2n1. The summed E-state index contributed by atoms with van der Waals surface area (Å²) in [4.78, 5) is 21.3. The van der Waals surface area contributed by atoms with Gasteiger partial charge in [0.2, 0.25) is 0 Å². The van der Waals surface area contributed by atoms with E-state index in [0.29, 0.717) is 41.0 Å². The molecule has 1 aromatic carbocycles. The third-order valence-electron chi connectivity index (χ3n) is 5.85. The largest absolute Gasteiger partial charge is 0.416 e. The number of halogens is 3. The van der Waals surface area contributed by atoms with Crippen LogP contribution >= 0.6 is 0 Å². The molecule has 1 aliphatic rings. The highest BCUT2D eigenvalue weighted by Crippen LogP contribution is 2.36. The molecule has 1 saturated carbocycles. The molecule has 0 bridgehead atoms. The Bertz CT molecular complexity index is 1200. The second kappa shape index (κ2) is 7.64. The van der Waals surface area contributed by atoms with Crippen molar-refractivity contribution < 1.29 is 18.3 Å². The van der Waals surface area contributed by atoms with Gasteiger partial charge in [-0.1, -0.05) is 12.1 Å². The van der Waals surface area contributed by atoms with Gasteiger partial charge in [-0.15, -0.1) is 0 Å². The molecular weight excluding hydrogens is 409 g/mol. The summed E-state index contributed by atoms with van der Waals surface area (Å²) in [5.41, 5.74) is 0.249. The average molecular weight is 432 g/mol. The van der Waals surface area contributed by atoms with Gasteiger partial charge in [0.1, 0.15) is 11.6 Å². The van der Waals surface area contributed by atoms with E-state index in [1.165, 1.54) is 19.1 Å². The van der Waals surface area contributed by atoms with Crippen LogP contribution in [-0.4, -0.2) is 25.7 Å². The molecule has 31 heavy (non-hydrogen) atoms. The molecule has 0 aliphatic heterocycles. The zero-order chi connectivity index (χ0) is 22.5. The van der Waals surface area contributed by atoms with Crippen LogP contribution in [0.5, 0.6) is 0 Å². The Morgan fingerprint density at radius 3 is 2.58 bits per heavy atom. The van der Waals surface area contributed by atoms with Crippen LogP contribution in [0, 0.1) is 13.8 Å². The Balaban J connectivity index is 1.74. The minimum Gasteiger partial charge on any atom is -0.393 e. The molecule has 4 rings (SSSR count). The number of nitrogens with one attached hydrogen (secondary N) is 1. The Morgan fingerprint density at radius 2 is 1.94 bits per heavy atom. The van der Waals surface area contributed by atoms with Crippen LogP contribution in [0.4, 0.5) is 19.0 Å². The van der Waals surface area contributed by atoms with Crippen LogP contribution in [0.1, 0.15) is 54.4 Å². The number of hydrogen-bond donors (Lipinski definition) is 2. The van der Waals surface area contributed by atoms with Crippen LogP contribution in [0.15, 0.2) is 35.3 Å². The van der Waals surface area contributed by atoms with Crippen LogP contribution in [0.25, 0.3) is 10.9 Å². The number of aryl methyl sites for hydroxylation is 1. The molecule has 9 heteroatoms. The van der Waals surface area contributed by atoms with E-state index >= 15 is 0 Å². The fraction of sp³-hybridized carbons (Fsp3) is 0.409. The second-order valence-corrected chi connectivity index (χ2v) is 8.10. The summed E-state index contributed by atoms with van der Waals surface area (Å²) in [6, 6.07) is 4.99. The van der Waals surface area contributed by atoms with Crippen molar-refractivity contribution in [1.29, 1.82) is 0 Å². The third kappa shape index (κ3) is 4.01. The topological polar surface area (TPSA) is 80.0 Å². The zero-order valence-corrected chi connectivity index (χ0v) is 17.4. The number of anilines is 1. The summed E-state index contributed by atoms with van der Waals surface area (Å²) in [6.07, 6.45) is -2.17. The van der Waals surface area contributed by atoms with Crippen molar-refractivity contribution in [2.24, 2.45) is 0 Å². The van der Waals surface area contributed by atoms with Gasteiger partial charge in [-0.2, -0.15) is 13.2 Å². The summed E-state index contributed by atoms with van der Waals surface area (Å²) < 4.78 is 41.5. The molecular formula is C22H23F3N4O2. The molecule has 0 amide bonds. The number of aliphatic hydroxyl groups excluding tert-OH is 1. The van der Waals surface area contributed by atoms with Gasteiger partial charge < -0.3 is 15.0 Å². The smallest absolute Gasteiger partial charge is 0.393 e. The van der Waals surface area contributed by atoms with Gasteiger partial charge in [0.25, 0.3) is 5.56 Å². The monoisotopic (exact) mass is 432 g/mol. The fourth-order valence-corrected chi connectivity index (χ4v) is 4.13. The van der Waals surface area contributed by atoms with Crippen molar-refractivity contribution in [3.8, 4) is 0 Å². The van der Waals surface area contributed by atoms with Crippen molar-refractivity contribution >= 4 is 16.7 Å². The molecule has 1 atom stereocenters. The lowest BCUT2D eigenvalue weighted by molar-refractivity contribution is -0.138. The average Bonchev–Trinajstić information content (AvgIpc) is 2.64. The quantitative estimate of drug-likeness (QED) is 0.643. The second-order valence-electron chi connectivity index (χ2n) is 8.10. The summed E-state index contributed by atoms with van der Waals surface area (Å²) in [7, 11) is 0. The lowest BCUT2D eigenvalue weighted by atomic mass is 9.89. The first kappa shape index (κ1) is 21.3. The highest BCUT2D eigenvalue weighted by Gasteiger charge is 2.33. The molecule has 2 N–H and O–H groups in total. The molecule has 0 spiro atoms. The Kier molecular flexibility index (Phi) is 5.25. The van der Waals surface area contributed by atoms with E-state index in [9.17, 15) is 23.1 Å². The van der Waals surface area contributed by atoms with E-state index < -0.39 is 23.9 Å². The Morgan fingerprint density at radius 1 is 1.23 bits per heavy atom. The predicted molar refractivity (Wildman–Crippen MR) is 111 cm³/mol.